The average molecular weight is 573 g/mol. The van der Waals surface area contributed by atoms with Gasteiger partial charge in [0.25, 0.3) is 0 Å². The standard InChI is InChI=1S/C33H36N2O5S/c1-4-38-31(37)21-40-28-14-9-12-25-23(18-34-32(25)28)17-33(2,3)35-19-24(36)20-39-27-13-7-6-11-26(27)30-16-22-10-5-8-15-29(22)41-30/h5-16,18,24,34-36H,4,17,19-21H2,1-3H3/t24-/m0/s1. The Morgan fingerprint density at radius 3 is 2.63 bits per heavy atom. The van der Waals surface area contributed by atoms with Gasteiger partial charge in [0.05, 0.1) is 12.1 Å². The molecule has 0 unspecified atom stereocenters. The van der Waals surface area contributed by atoms with Crippen LogP contribution in [0.4, 0.5) is 0 Å². The summed E-state index contributed by atoms with van der Waals surface area (Å²) in [4.78, 5) is 16.2. The summed E-state index contributed by atoms with van der Waals surface area (Å²) in [6, 6.07) is 24.3. The largest absolute Gasteiger partial charge is 0.490 e. The highest BCUT2D eigenvalue weighted by Crippen LogP contribution is 2.38. The van der Waals surface area contributed by atoms with Gasteiger partial charge in [-0.1, -0.05) is 42.5 Å². The molecule has 3 N–H and O–H groups in total. The highest BCUT2D eigenvalue weighted by molar-refractivity contribution is 7.22. The molecule has 0 saturated carbocycles. The van der Waals surface area contributed by atoms with Gasteiger partial charge in [-0.2, -0.15) is 0 Å². The van der Waals surface area contributed by atoms with Crippen molar-refractivity contribution in [3.8, 4) is 21.9 Å². The molecule has 0 radical (unpaired) electrons. The van der Waals surface area contributed by atoms with Crippen molar-refractivity contribution in [2.24, 2.45) is 0 Å². The molecule has 0 amide bonds. The van der Waals surface area contributed by atoms with Gasteiger partial charge in [0.2, 0.25) is 0 Å². The molecule has 1 atom stereocenters. The van der Waals surface area contributed by atoms with E-state index in [2.05, 4.69) is 54.5 Å². The molecular formula is C33H36N2O5S. The molecule has 2 aromatic heterocycles. The predicted molar refractivity (Wildman–Crippen MR) is 165 cm³/mol. The van der Waals surface area contributed by atoms with Crippen LogP contribution in [0.5, 0.6) is 11.5 Å². The molecular weight excluding hydrogens is 536 g/mol. The number of carbonyl (C=O) groups excluding carboxylic acids is 1. The number of β-amino-alcohol motifs (C(OH)–C–C–N with tert-alkyl or cyclic N) is 1. The SMILES string of the molecule is CCOC(=O)COc1cccc2c(CC(C)(C)NC[C@H](O)COc3ccccc3-c3cc4ccccc4s3)c[nH]c12. The number of esters is 1. The molecule has 7 nitrogen and oxygen atoms in total. The number of aromatic nitrogens is 1. The van der Waals surface area contributed by atoms with Gasteiger partial charge >= 0.3 is 5.97 Å². The summed E-state index contributed by atoms with van der Waals surface area (Å²) in [6.07, 6.45) is 2.00. The second-order valence-electron chi connectivity index (χ2n) is 10.6. The molecule has 0 aliphatic carbocycles. The van der Waals surface area contributed by atoms with E-state index in [4.69, 9.17) is 14.2 Å². The summed E-state index contributed by atoms with van der Waals surface area (Å²) in [5.41, 5.74) is 2.68. The molecule has 0 aliphatic rings. The van der Waals surface area contributed by atoms with Gasteiger partial charge in [-0.05, 0) is 68.5 Å². The van der Waals surface area contributed by atoms with E-state index >= 15 is 0 Å². The minimum absolute atomic E-state index is 0.136. The van der Waals surface area contributed by atoms with Crippen molar-refractivity contribution in [2.45, 2.75) is 38.8 Å². The molecule has 5 aromatic rings. The number of hydrogen-bond donors (Lipinski definition) is 3. The highest BCUT2D eigenvalue weighted by Gasteiger charge is 2.22. The number of hydrogen-bond acceptors (Lipinski definition) is 7. The lowest BCUT2D eigenvalue weighted by molar-refractivity contribution is -0.145. The third-order valence-corrected chi connectivity index (χ3v) is 8.02. The summed E-state index contributed by atoms with van der Waals surface area (Å²) >= 11 is 1.74. The van der Waals surface area contributed by atoms with E-state index in [1.54, 1.807) is 18.3 Å². The van der Waals surface area contributed by atoms with Crippen molar-refractivity contribution < 1.29 is 24.1 Å². The molecule has 0 saturated heterocycles. The number of thiophene rings is 1. The number of aliphatic hydroxyl groups excluding tert-OH is 1. The Balaban J connectivity index is 1.17. The predicted octanol–water partition coefficient (Wildman–Crippen LogP) is 6.34. The molecule has 0 fully saturated rings. The van der Waals surface area contributed by atoms with E-state index in [0.29, 0.717) is 18.9 Å². The van der Waals surface area contributed by atoms with Gasteiger partial charge in [0.1, 0.15) is 24.2 Å². The Morgan fingerprint density at radius 1 is 1.02 bits per heavy atom. The summed E-state index contributed by atoms with van der Waals surface area (Å²) < 4.78 is 18.0. The first-order valence-electron chi connectivity index (χ1n) is 13.8. The lowest BCUT2D eigenvalue weighted by Gasteiger charge is -2.28. The number of fused-ring (bicyclic) bond motifs is 2. The maximum Gasteiger partial charge on any atom is 0.344 e. The van der Waals surface area contributed by atoms with E-state index < -0.39 is 12.1 Å². The zero-order chi connectivity index (χ0) is 28.8. The van der Waals surface area contributed by atoms with Crippen molar-refractivity contribution in [2.75, 3.05) is 26.4 Å². The van der Waals surface area contributed by atoms with Crippen LogP contribution in [0.1, 0.15) is 26.3 Å². The Morgan fingerprint density at radius 2 is 1.80 bits per heavy atom. The monoisotopic (exact) mass is 572 g/mol. The van der Waals surface area contributed by atoms with Crippen LogP contribution in [0.25, 0.3) is 31.4 Å². The van der Waals surface area contributed by atoms with Crippen molar-refractivity contribution in [1.29, 1.82) is 0 Å². The van der Waals surface area contributed by atoms with Crippen LogP contribution in [0.15, 0.2) is 79.0 Å². The Labute approximate surface area is 244 Å². The third-order valence-electron chi connectivity index (χ3n) is 6.87. The van der Waals surface area contributed by atoms with Crippen molar-refractivity contribution >= 4 is 38.3 Å². The molecule has 41 heavy (non-hydrogen) atoms. The number of H-pyrrole nitrogens is 1. The summed E-state index contributed by atoms with van der Waals surface area (Å²) in [5.74, 6) is 0.973. The zero-order valence-corrected chi connectivity index (χ0v) is 24.4. The summed E-state index contributed by atoms with van der Waals surface area (Å²) in [5, 5.41) is 16.5. The van der Waals surface area contributed by atoms with Gasteiger partial charge in [-0.3, -0.25) is 0 Å². The van der Waals surface area contributed by atoms with Crippen LogP contribution < -0.4 is 14.8 Å². The highest BCUT2D eigenvalue weighted by atomic mass is 32.1. The number of aromatic amines is 1. The number of aliphatic hydroxyl groups is 1. The van der Waals surface area contributed by atoms with Crippen molar-refractivity contribution in [3.05, 3.63) is 84.6 Å². The van der Waals surface area contributed by atoms with Gasteiger partial charge in [-0.15, -0.1) is 11.3 Å². The maximum absolute atomic E-state index is 11.7. The zero-order valence-electron chi connectivity index (χ0n) is 23.6. The fraction of sp³-hybridized carbons (Fsp3) is 0.303. The van der Waals surface area contributed by atoms with E-state index in [-0.39, 0.29) is 18.8 Å². The molecule has 0 aliphatic heterocycles. The number of benzene rings is 3. The number of para-hydroxylation sites is 2. The van der Waals surface area contributed by atoms with Crippen LogP contribution in [-0.2, 0) is 16.0 Å². The van der Waals surface area contributed by atoms with Crippen LogP contribution in [0, 0.1) is 0 Å². The molecule has 8 heteroatoms. The van der Waals surface area contributed by atoms with Gasteiger partial charge in [0, 0.05) is 38.8 Å². The minimum atomic E-state index is -0.685. The normalized spacial score (nSPS) is 12.5. The second-order valence-corrected chi connectivity index (χ2v) is 11.7. The minimum Gasteiger partial charge on any atom is -0.490 e. The van der Waals surface area contributed by atoms with Gasteiger partial charge in [-0.25, -0.2) is 4.79 Å². The number of rotatable bonds is 13. The lowest BCUT2D eigenvalue weighted by atomic mass is 9.94. The van der Waals surface area contributed by atoms with E-state index in [9.17, 15) is 9.90 Å². The Hall–Kier alpha value is -3.85. The van der Waals surface area contributed by atoms with Crippen LogP contribution in [-0.4, -0.2) is 54.1 Å². The van der Waals surface area contributed by atoms with Gasteiger partial charge < -0.3 is 29.6 Å². The fourth-order valence-corrected chi connectivity index (χ4v) is 5.97. The number of nitrogens with one attached hydrogen (secondary N) is 2. The molecule has 5 rings (SSSR count). The third kappa shape index (κ3) is 7.08. The molecule has 0 bridgehead atoms. The molecule has 0 spiro atoms. The second kappa shape index (κ2) is 12.8. The number of ether oxygens (including phenoxy) is 3. The van der Waals surface area contributed by atoms with Crippen molar-refractivity contribution in [3.63, 3.8) is 0 Å². The van der Waals surface area contributed by atoms with Crippen LogP contribution in [0.2, 0.25) is 0 Å². The molecule has 214 valence electrons. The molecule has 2 heterocycles. The first-order valence-corrected chi connectivity index (χ1v) is 14.7. The van der Waals surface area contributed by atoms with Crippen LogP contribution in [0.3, 0.4) is 0 Å². The van der Waals surface area contributed by atoms with E-state index in [1.165, 1.54) is 10.1 Å². The summed E-state index contributed by atoms with van der Waals surface area (Å²) in [7, 11) is 0. The Bertz CT molecular complexity index is 1590. The van der Waals surface area contributed by atoms with Gasteiger partial charge in [0.15, 0.2) is 6.61 Å². The van der Waals surface area contributed by atoms with Crippen LogP contribution >= 0.6 is 11.3 Å². The smallest absolute Gasteiger partial charge is 0.344 e. The topological polar surface area (TPSA) is 92.8 Å². The Kier molecular flexibility index (Phi) is 8.93. The quantitative estimate of drug-likeness (QED) is 0.143. The maximum atomic E-state index is 11.7. The molecule has 3 aromatic carbocycles. The lowest BCUT2D eigenvalue weighted by Crippen LogP contribution is -2.46. The first kappa shape index (κ1) is 28.7. The average Bonchev–Trinajstić information content (AvgIpc) is 3.58. The fourth-order valence-electron chi connectivity index (χ4n) is 4.88. The summed E-state index contributed by atoms with van der Waals surface area (Å²) in [6.45, 7) is 6.73. The van der Waals surface area contributed by atoms with E-state index in [0.717, 1.165) is 39.1 Å². The first-order chi connectivity index (χ1) is 19.8. The van der Waals surface area contributed by atoms with E-state index in [1.807, 2.05) is 48.7 Å². The number of carbonyl (C=O) groups is 1. The van der Waals surface area contributed by atoms with Crippen molar-refractivity contribution in [1.82, 2.24) is 10.3 Å².